The van der Waals surface area contributed by atoms with E-state index in [-0.39, 0.29) is 0 Å². The van der Waals surface area contributed by atoms with Gasteiger partial charge in [0.05, 0.1) is 11.1 Å². The number of nitrogens with zero attached hydrogens (tertiary/aromatic N) is 1. The van der Waals surface area contributed by atoms with Crippen LogP contribution in [0, 0.1) is 11.3 Å². The van der Waals surface area contributed by atoms with E-state index in [0.29, 0.717) is 5.02 Å². The summed E-state index contributed by atoms with van der Waals surface area (Å²) in [4.78, 5) is 0. The van der Waals surface area contributed by atoms with Crippen LogP contribution >= 0.6 is 27.5 Å². The highest BCUT2D eigenvalue weighted by molar-refractivity contribution is 9.10. The Labute approximate surface area is 84.4 Å². The van der Waals surface area contributed by atoms with Crippen LogP contribution in [0.2, 0.25) is 5.02 Å². The lowest BCUT2D eigenvalue weighted by molar-refractivity contribution is 1.53. The van der Waals surface area contributed by atoms with E-state index in [2.05, 4.69) is 15.9 Å². The molecule has 0 saturated carbocycles. The summed E-state index contributed by atoms with van der Waals surface area (Å²) in [6.07, 6.45) is 3.12. The van der Waals surface area contributed by atoms with Crippen molar-refractivity contribution in [2.24, 2.45) is 0 Å². The van der Waals surface area contributed by atoms with Crippen molar-refractivity contribution in [3.63, 3.8) is 0 Å². The van der Waals surface area contributed by atoms with E-state index in [1.165, 1.54) is 6.08 Å². The van der Waals surface area contributed by atoms with Gasteiger partial charge in [-0.25, -0.2) is 0 Å². The molecule has 0 bridgehead atoms. The highest BCUT2D eigenvalue weighted by Crippen LogP contribution is 2.23. The van der Waals surface area contributed by atoms with Crippen molar-refractivity contribution >= 4 is 33.6 Å². The molecule has 1 nitrogen and oxygen atoms in total. The van der Waals surface area contributed by atoms with E-state index < -0.39 is 0 Å². The summed E-state index contributed by atoms with van der Waals surface area (Å²) in [6.45, 7) is 0. The van der Waals surface area contributed by atoms with E-state index in [1.54, 1.807) is 12.1 Å². The quantitative estimate of drug-likeness (QED) is 0.690. The van der Waals surface area contributed by atoms with Gasteiger partial charge in [-0.15, -0.1) is 0 Å². The molecule has 1 aromatic rings. The lowest BCUT2D eigenvalue weighted by Crippen LogP contribution is -1.72. The Kier molecular flexibility index (Phi) is 3.33. The van der Waals surface area contributed by atoms with Gasteiger partial charge in [-0.1, -0.05) is 17.7 Å². The molecule has 0 N–H and O–H groups in total. The molecule has 0 aliphatic heterocycles. The second-order valence-electron chi connectivity index (χ2n) is 2.14. The molecule has 0 aliphatic carbocycles. The Morgan fingerprint density at radius 2 is 2.25 bits per heavy atom. The lowest BCUT2D eigenvalue weighted by Gasteiger charge is -1.96. The van der Waals surface area contributed by atoms with Crippen molar-refractivity contribution < 1.29 is 0 Å². The Bertz CT molecular complexity index is 352. The predicted molar refractivity (Wildman–Crippen MR) is 53.8 cm³/mol. The Morgan fingerprint density at radius 3 is 2.83 bits per heavy atom. The molecule has 1 rings (SSSR count). The minimum absolute atomic E-state index is 0.648. The summed E-state index contributed by atoms with van der Waals surface area (Å²) in [5.41, 5.74) is 0.921. The summed E-state index contributed by atoms with van der Waals surface area (Å²) >= 11 is 9.11. The van der Waals surface area contributed by atoms with Gasteiger partial charge in [0.2, 0.25) is 0 Å². The van der Waals surface area contributed by atoms with Gasteiger partial charge in [-0.3, -0.25) is 0 Å². The second kappa shape index (κ2) is 4.30. The third-order valence-corrected chi connectivity index (χ3v) is 2.53. The van der Waals surface area contributed by atoms with Crippen molar-refractivity contribution in [1.82, 2.24) is 0 Å². The summed E-state index contributed by atoms with van der Waals surface area (Å²) in [5.74, 6) is 0. The van der Waals surface area contributed by atoms with E-state index in [9.17, 15) is 0 Å². The molecule has 0 amide bonds. The Balaban J connectivity index is 2.99. The summed E-state index contributed by atoms with van der Waals surface area (Å²) in [5, 5.41) is 8.92. The molecule has 12 heavy (non-hydrogen) atoms. The van der Waals surface area contributed by atoms with Gasteiger partial charge in [0.15, 0.2) is 0 Å². The number of halogens is 2. The van der Waals surface area contributed by atoms with Crippen LogP contribution in [-0.2, 0) is 0 Å². The topological polar surface area (TPSA) is 23.8 Å². The standard InChI is InChI=1S/C9H5BrClN/c10-8-4-3-7(2-1-5-12)6-9(8)11/h1-4,6H. The first kappa shape index (κ1) is 9.31. The van der Waals surface area contributed by atoms with E-state index >= 15 is 0 Å². The molecule has 0 radical (unpaired) electrons. The van der Waals surface area contributed by atoms with Crippen molar-refractivity contribution in [2.75, 3.05) is 0 Å². The molecule has 0 heterocycles. The molecular formula is C9H5BrClN. The maximum absolute atomic E-state index is 8.27. The van der Waals surface area contributed by atoms with Gasteiger partial charge in [0.1, 0.15) is 0 Å². The molecule has 0 spiro atoms. The SMILES string of the molecule is N#CC=Cc1ccc(Br)c(Cl)c1. The maximum Gasteiger partial charge on any atom is 0.0912 e. The fraction of sp³-hybridized carbons (Fsp3) is 0. The number of rotatable bonds is 1. The van der Waals surface area contributed by atoms with E-state index in [1.807, 2.05) is 18.2 Å². The van der Waals surface area contributed by atoms with Crippen LogP contribution in [0.4, 0.5) is 0 Å². The van der Waals surface area contributed by atoms with Crippen molar-refractivity contribution in [3.8, 4) is 6.07 Å². The van der Waals surface area contributed by atoms with Crippen molar-refractivity contribution in [3.05, 3.63) is 39.3 Å². The van der Waals surface area contributed by atoms with Gasteiger partial charge in [-0.05, 0) is 39.7 Å². The first-order valence-electron chi connectivity index (χ1n) is 3.25. The van der Waals surface area contributed by atoms with Crippen molar-refractivity contribution in [1.29, 1.82) is 5.26 Å². The van der Waals surface area contributed by atoms with Crippen LogP contribution in [-0.4, -0.2) is 0 Å². The Morgan fingerprint density at radius 1 is 1.50 bits per heavy atom. The molecule has 1 aromatic carbocycles. The summed E-state index contributed by atoms with van der Waals surface area (Å²) < 4.78 is 0.860. The highest BCUT2D eigenvalue weighted by atomic mass is 79.9. The third-order valence-electron chi connectivity index (χ3n) is 1.29. The van der Waals surface area contributed by atoms with Crippen LogP contribution in [0.5, 0.6) is 0 Å². The van der Waals surface area contributed by atoms with Crippen LogP contribution in [0.3, 0.4) is 0 Å². The van der Waals surface area contributed by atoms with Crippen LogP contribution in [0.15, 0.2) is 28.7 Å². The van der Waals surface area contributed by atoms with E-state index in [4.69, 9.17) is 16.9 Å². The molecule has 0 unspecified atom stereocenters. The molecule has 0 fully saturated rings. The highest BCUT2D eigenvalue weighted by Gasteiger charge is 1.95. The minimum atomic E-state index is 0.648. The Hall–Kier alpha value is -0.780. The molecule has 0 atom stereocenters. The first-order chi connectivity index (χ1) is 5.74. The molecule has 60 valence electrons. The van der Waals surface area contributed by atoms with E-state index in [0.717, 1.165) is 10.0 Å². The lowest BCUT2D eigenvalue weighted by atomic mass is 10.2. The van der Waals surface area contributed by atoms with Gasteiger partial charge in [0, 0.05) is 10.5 Å². The monoisotopic (exact) mass is 241 g/mol. The smallest absolute Gasteiger partial charge is 0.0912 e. The molecular weight excluding hydrogens is 237 g/mol. The average Bonchev–Trinajstić information content (AvgIpc) is 2.07. The normalized spacial score (nSPS) is 10.1. The zero-order valence-electron chi connectivity index (χ0n) is 6.09. The second-order valence-corrected chi connectivity index (χ2v) is 3.40. The molecule has 0 aromatic heterocycles. The molecule has 0 aliphatic rings. The summed E-state index contributed by atoms with van der Waals surface area (Å²) in [6, 6.07) is 7.43. The predicted octanol–water partition coefficient (Wildman–Crippen LogP) is 3.64. The number of benzene rings is 1. The molecule has 0 saturated heterocycles. The van der Waals surface area contributed by atoms with Gasteiger partial charge in [-0.2, -0.15) is 5.26 Å². The molecule has 3 heteroatoms. The zero-order chi connectivity index (χ0) is 8.97. The number of hydrogen-bond donors (Lipinski definition) is 0. The van der Waals surface area contributed by atoms with Crippen LogP contribution in [0.25, 0.3) is 6.08 Å². The first-order valence-corrected chi connectivity index (χ1v) is 4.42. The maximum atomic E-state index is 8.27. The average molecular weight is 243 g/mol. The van der Waals surface area contributed by atoms with Gasteiger partial charge < -0.3 is 0 Å². The zero-order valence-corrected chi connectivity index (χ0v) is 8.43. The third kappa shape index (κ3) is 2.37. The van der Waals surface area contributed by atoms with Gasteiger partial charge in [0.25, 0.3) is 0 Å². The van der Waals surface area contributed by atoms with Crippen LogP contribution < -0.4 is 0 Å². The summed E-state index contributed by atoms with van der Waals surface area (Å²) in [7, 11) is 0. The van der Waals surface area contributed by atoms with Crippen LogP contribution in [0.1, 0.15) is 5.56 Å². The fourth-order valence-electron chi connectivity index (χ4n) is 0.750. The fourth-order valence-corrected chi connectivity index (χ4v) is 1.19. The minimum Gasteiger partial charge on any atom is -0.193 e. The number of hydrogen-bond acceptors (Lipinski definition) is 1. The largest absolute Gasteiger partial charge is 0.193 e. The van der Waals surface area contributed by atoms with Crippen molar-refractivity contribution in [2.45, 2.75) is 0 Å². The number of allylic oxidation sites excluding steroid dienone is 1. The van der Waals surface area contributed by atoms with Gasteiger partial charge >= 0.3 is 0 Å². The number of nitriles is 1.